The normalized spacial score (nSPS) is 10.0. The third-order valence-electron chi connectivity index (χ3n) is 1.22. The monoisotopic (exact) mass is 150 g/mol. The number of alkyl halides is 1. The summed E-state index contributed by atoms with van der Waals surface area (Å²) in [7, 11) is 0. The van der Waals surface area contributed by atoms with Crippen LogP contribution in [0.2, 0.25) is 0 Å². The average molecular weight is 151 g/mol. The highest BCUT2D eigenvalue weighted by atomic mass is 35.5. The van der Waals surface area contributed by atoms with Crippen LogP contribution in [-0.4, -0.2) is 12.7 Å². The maximum atomic E-state index is 5.29. The summed E-state index contributed by atoms with van der Waals surface area (Å²) in [5.41, 5.74) is 0. The highest BCUT2D eigenvalue weighted by Gasteiger charge is 1.85. The summed E-state index contributed by atoms with van der Waals surface area (Å²) < 4.78 is 4.95. The lowest BCUT2D eigenvalue weighted by atomic mass is 10.2. The van der Waals surface area contributed by atoms with E-state index in [0.29, 0.717) is 6.07 Å². The second-order valence-electron chi connectivity index (χ2n) is 2.08. The Morgan fingerprint density at radius 3 is 2.56 bits per heavy atom. The molecule has 0 aliphatic carbocycles. The summed E-state index contributed by atoms with van der Waals surface area (Å²) in [4.78, 5) is 0. The van der Waals surface area contributed by atoms with Crippen LogP contribution < -0.4 is 0 Å². The summed E-state index contributed by atoms with van der Waals surface area (Å²) in [6.07, 6.45) is 5.01. The molecule has 0 heterocycles. The fourth-order valence-electron chi connectivity index (χ4n) is 0.685. The zero-order chi connectivity index (χ0) is 6.95. The minimum Gasteiger partial charge on any atom is -0.366 e. The molecule has 0 unspecified atom stereocenters. The number of ether oxygens (including phenoxy) is 1. The minimum absolute atomic E-state index is 0.339. The Bertz CT molecular complexity index is 42.2. The molecule has 0 radical (unpaired) electrons. The van der Waals surface area contributed by atoms with E-state index >= 15 is 0 Å². The van der Waals surface area contributed by atoms with Crippen molar-refractivity contribution in [2.75, 3.05) is 12.7 Å². The minimum atomic E-state index is 0.339. The van der Waals surface area contributed by atoms with Gasteiger partial charge in [0.2, 0.25) is 0 Å². The molecule has 9 heavy (non-hydrogen) atoms. The van der Waals surface area contributed by atoms with E-state index in [9.17, 15) is 0 Å². The molecule has 0 rings (SSSR count). The molecular formula is C7H15ClO. The van der Waals surface area contributed by atoms with Crippen molar-refractivity contribution in [2.45, 2.75) is 32.6 Å². The fourth-order valence-corrected chi connectivity index (χ4v) is 0.795. The van der Waals surface area contributed by atoms with Crippen LogP contribution >= 0.6 is 11.6 Å². The maximum absolute atomic E-state index is 5.29. The van der Waals surface area contributed by atoms with Gasteiger partial charge in [0.15, 0.2) is 0 Å². The molecule has 0 saturated carbocycles. The number of hydrogen-bond donors (Lipinski definition) is 0. The Balaban J connectivity index is 2.60. The molecule has 0 amide bonds. The van der Waals surface area contributed by atoms with E-state index in [1.807, 2.05) is 0 Å². The van der Waals surface area contributed by atoms with Gasteiger partial charge in [-0.1, -0.05) is 37.8 Å². The highest BCUT2D eigenvalue weighted by molar-refractivity contribution is 6.17. The van der Waals surface area contributed by atoms with Crippen molar-refractivity contribution < 1.29 is 4.74 Å². The van der Waals surface area contributed by atoms with Crippen LogP contribution in [0.1, 0.15) is 32.6 Å². The van der Waals surface area contributed by atoms with E-state index in [1.54, 1.807) is 0 Å². The lowest BCUT2D eigenvalue weighted by Gasteiger charge is -1.97. The summed E-state index contributed by atoms with van der Waals surface area (Å²) in [6, 6.07) is 0.339. The van der Waals surface area contributed by atoms with Gasteiger partial charge >= 0.3 is 0 Å². The standard InChI is InChI=1S/C7H15ClO/c1-2-3-4-5-6-9-7-8/h2-7H2,1H3. The molecule has 0 fully saturated rings. The summed E-state index contributed by atoms with van der Waals surface area (Å²) in [6.45, 7) is 3.02. The summed E-state index contributed by atoms with van der Waals surface area (Å²) in [5, 5.41) is 0. The van der Waals surface area contributed by atoms with Crippen LogP contribution in [0.3, 0.4) is 0 Å². The third-order valence-corrected chi connectivity index (χ3v) is 1.37. The molecule has 0 aliphatic heterocycles. The molecular weight excluding hydrogens is 136 g/mol. The number of rotatable bonds is 6. The number of hydrogen-bond acceptors (Lipinski definition) is 1. The Morgan fingerprint density at radius 1 is 1.22 bits per heavy atom. The van der Waals surface area contributed by atoms with Crippen molar-refractivity contribution in [3.8, 4) is 0 Å². The molecule has 56 valence electrons. The number of halogens is 1. The van der Waals surface area contributed by atoms with E-state index in [0.717, 1.165) is 13.0 Å². The average Bonchev–Trinajstić information content (AvgIpc) is 1.89. The molecule has 0 aromatic carbocycles. The highest BCUT2D eigenvalue weighted by Crippen LogP contribution is 1.98. The Kier molecular flexibility index (Phi) is 8.48. The van der Waals surface area contributed by atoms with Gasteiger partial charge in [0.25, 0.3) is 0 Å². The quantitative estimate of drug-likeness (QED) is 0.418. The van der Waals surface area contributed by atoms with Crippen molar-refractivity contribution >= 4 is 11.6 Å². The van der Waals surface area contributed by atoms with Crippen molar-refractivity contribution in [3.05, 3.63) is 0 Å². The van der Waals surface area contributed by atoms with Crippen LogP contribution in [0.5, 0.6) is 0 Å². The first-order valence-corrected chi connectivity index (χ1v) is 4.09. The Labute approximate surface area is 62.3 Å². The molecule has 1 nitrogen and oxygen atoms in total. The van der Waals surface area contributed by atoms with Crippen molar-refractivity contribution in [1.82, 2.24) is 0 Å². The second kappa shape index (κ2) is 8.25. The van der Waals surface area contributed by atoms with Gasteiger partial charge < -0.3 is 4.74 Å². The third kappa shape index (κ3) is 8.25. The van der Waals surface area contributed by atoms with Gasteiger partial charge in [-0.15, -0.1) is 0 Å². The molecule has 0 atom stereocenters. The zero-order valence-electron chi connectivity index (χ0n) is 6.03. The predicted molar refractivity (Wildman–Crippen MR) is 40.8 cm³/mol. The van der Waals surface area contributed by atoms with Crippen LogP contribution in [0.25, 0.3) is 0 Å². The maximum Gasteiger partial charge on any atom is 0.120 e. The fraction of sp³-hybridized carbons (Fsp3) is 1.00. The lowest BCUT2D eigenvalue weighted by Crippen LogP contribution is -1.90. The second-order valence-corrected chi connectivity index (χ2v) is 2.30. The van der Waals surface area contributed by atoms with E-state index < -0.39 is 0 Å². The molecule has 0 N–H and O–H groups in total. The molecule has 2 heteroatoms. The first-order chi connectivity index (χ1) is 4.41. The van der Waals surface area contributed by atoms with E-state index in [4.69, 9.17) is 16.3 Å². The Hall–Kier alpha value is 0.250. The first-order valence-electron chi connectivity index (χ1n) is 3.55. The Morgan fingerprint density at radius 2 is 2.00 bits per heavy atom. The van der Waals surface area contributed by atoms with Gasteiger partial charge in [0, 0.05) is 6.61 Å². The van der Waals surface area contributed by atoms with E-state index in [2.05, 4.69) is 6.92 Å². The van der Waals surface area contributed by atoms with Gasteiger partial charge in [0.05, 0.1) is 0 Å². The zero-order valence-corrected chi connectivity index (χ0v) is 6.78. The van der Waals surface area contributed by atoms with Crippen molar-refractivity contribution in [2.24, 2.45) is 0 Å². The molecule has 0 aromatic rings. The van der Waals surface area contributed by atoms with Gasteiger partial charge in [-0.05, 0) is 6.42 Å². The van der Waals surface area contributed by atoms with E-state index in [1.165, 1.54) is 19.3 Å². The van der Waals surface area contributed by atoms with Crippen molar-refractivity contribution in [3.63, 3.8) is 0 Å². The summed E-state index contributed by atoms with van der Waals surface area (Å²) in [5.74, 6) is 0. The molecule has 0 saturated heterocycles. The topological polar surface area (TPSA) is 9.23 Å². The van der Waals surface area contributed by atoms with Gasteiger partial charge in [-0.3, -0.25) is 0 Å². The van der Waals surface area contributed by atoms with E-state index in [-0.39, 0.29) is 0 Å². The van der Waals surface area contributed by atoms with Gasteiger partial charge in [-0.25, -0.2) is 0 Å². The lowest BCUT2D eigenvalue weighted by molar-refractivity contribution is 0.173. The van der Waals surface area contributed by atoms with Crippen LogP contribution in [-0.2, 0) is 4.74 Å². The summed E-state index contributed by atoms with van der Waals surface area (Å²) >= 11 is 5.29. The van der Waals surface area contributed by atoms with Gasteiger partial charge in [-0.2, -0.15) is 0 Å². The van der Waals surface area contributed by atoms with Crippen molar-refractivity contribution in [1.29, 1.82) is 0 Å². The molecule has 0 spiro atoms. The molecule has 0 aromatic heterocycles. The predicted octanol–water partition coefficient (Wildman–Crippen LogP) is 2.78. The van der Waals surface area contributed by atoms with Gasteiger partial charge in [0.1, 0.15) is 6.07 Å². The largest absolute Gasteiger partial charge is 0.366 e. The van der Waals surface area contributed by atoms with Crippen LogP contribution in [0, 0.1) is 0 Å². The first kappa shape index (κ1) is 9.25. The molecule has 0 bridgehead atoms. The number of unbranched alkanes of at least 4 members (excludes halogenated alkanes) is 3. The smallest absolute Gasteiger partial charge is 0.120 e. The SMILES string of the molecule is CCCCCCOCCl. The molecule has 0 aliphatic rings. The van der Waals surface area contributed by atoms with Crippen LogP contribution in [0.4, 0.5) is 0 Å². The van der Waals surface area contributed by atoms with Crippen LogP contribution in [0.15, 0.2) is 0 Å².